The third-order valence-electron chi connectivity index (χ3n) is 1.84. The van der Waals surface area contributed by atoms with Crippen molar-refractivity contribution in [3.8, 4) is 12.3 Å². The van der Waals surface area contributed by atoms with Crippen LogP contribution >= 0.6 is 0 Å². The Morgan fingerprint density at radius 1 is 1.47 bits per heavy atom. The summed E-state index contributed by atoms with van der Waals surface area (Å²) in [5.74, 6) is 1.22. The second kappa shape index (κ2) is 6.12. The minimum absolute atomic E-state index is 0.126. The van der Waals surface area contributed by atoms with E-state index in [1.807, 2.05) is 0 Å². The third kappa shape index (κ3) is 4.22. The molecular weight excluding hydrogens is 222 g/mol. The van der Waals surface area contributed by atoms with Gasteiger partial charge in [-0.05, 0) is 12.1 Å². The predicted octanol–water partition coefficient (Wildman–Crippen LogP) is 0.212. The topological polar surface area (TPSA) is 91.3 Å². The van der Waals surface area contributed by atoms with Crippen LogP contribution in [-0.2, 0) is 6.54 Å². The number of carbonyl (C=O) groups is 2. The molecule has 6 heteroatoms. The van der Waals surface area contributed by atoms with Gasteiger partial charge in [0.05, 0.1) is 24.3 Å². The Morgan fingerprint density at radius 3 is 2.88 bits per heavy atom. The quantitative estimate of drug-likeness (QED) is 0.648. The Bertz CT molecular complexity index is 465. The van der Waals surface area contributed by atoms with Crippen LogP contribution in [0.2, 0.25) is 0 Å². The first kappa shape index (κ1) is 12.5. The molecule has 0 atom stereocenters. The molecule has 0 saturated heterocycles. The van der Waals surface area contributed by atoms with Gasteiger partial charge in [-0.1, -0.05) is 5.92 Å². The minimum Gasteiger partial charge on any atom is -0.478 e. The lowest BCUT2D eigenvalue weighted by Crippen LogP contribution is -2.35. The maximum absolute atomic E-state index is 11.1. The lowest BCUT2D eigenvalue weighted by molar-refractivity contribution is 0.0696. The number of nitrogens with zero attached hydrogens (tertiary/aromatic N) is 1. The number of aromatic nitrogens is 1. The lowest BCUT2D eigenvalue weighted by atomic mass is 10.2. The van der Waals surface area contributed by atoms with E-state index < -0.39 is 12.0 Å². The van der Waals surface area contributed by atoms with Crippen molar-refractivity contribution in [2.75, 3.05) is 6.54 Å². The number of carbonyl (C=O) groups excluding carboxylic acids is 1. The smallest absolute Gasteiger partial charge is 0.335 e. The number of aromatic carboxylic acids is 1. The summed E-state index contributed by atoms with van der Waals surface area (Å²) in [5, 5.41) is 13.7. The van der Waals surface area contributed by atoms with Crippen LogP contribution in [0.4, 0.5) is 4.79 Å². The zero-order chi connectivity index (χ0) is 12.7. The van der Waals surface area contributed by atoms with Crippen molar-refractivity contribution in [2.24, 2.45) is 0 Å². The Morgan fingerprint density at radius 2 is 2.24 bits per heavy atom. The largest absolute Gasteiger partial charge is 0.478 e. The molecule has 0 fully saturated rings. The Kier molecular flexibility index (Phi) is 4.51. The van der Waals surface area contributed by atoms with Gasteiger partial charge in [0, 0.05) is 6.20 Å². The van der Waals surface area contributed by atoms with E-state index in [1.165, 1.54) is 18.3 Å². The molecule has 1 rings (SSSR count). The standard InChI is InChI=1S/C11H11N3O3/c1-2-4-13-11(17)14-7-9-6-8(10(15)16)3-5-12-9/h1,3,5-6H,4,7H2,(H,15,16)(H2,13,14,17). The fourth-order valence-corrected chi connectivity index (χ4v) is 1.07. The van der Waals surface area contributed by atoms with Crippen LogP contribution in [0.15, 0.2) is 18.3 Å². The minimum atomic E-state index is -1.04. The molecule has 2 amide bonds. The number of hydrogen-bond donors (Lipinski definition) is 3. The van der Waals surface area contributed by atoms with Crippen LogP contribution in [0.3, 0.4) is 0 Å². The Balaban J connectivity index is 2.52. The van der Waals surface area contributed by atoms with Gasteiger partial charge in [0.1, 0.15) is 0 Å². The molecule has 0 saturated carbocycles. The number of carboxylic acid groups (broad SMARTS) is 1. The van der Waals surface area contributed by atoms with Gasteiger partial charge >= 0.3 is 12.0 Å². The number of terminal acetylenes is 1. The molecule has 17 heavy (non-hydrogen) atoms. The number of amides is 2. The zero-order valence-electron chi connectivity index (χ0n) is 8.93. The number of carboxylic acids is 1. The third-order valence-corrected chi connectivity index (χ3v) is 1.84. The summed E-state index contributed by atoms with van der Waals surface area (Å²) in [5.41, 5.74) is 0.585. The van der Waals surface area contributed by atoms with Gasteiger partial charge < -0.3 is 15.7 Å². The molecule has 3 N–H and O–H groups in total. The molecule has 0 aliphatic carbocycles. The summed E-state index contributed by atoms with van der Waals surface area (Å²) in [6.45, 7) is 0.270. The maximum atomic E-state index is 11.1. The molecule has 1 heterocycles. The highest BCUT2D eigenvalue weighted by atomic mass is 16.4. The average Bonchev–Trinajstić information content (AvgIpc) is 2.34. The van der Waals surface area contributed by atoms with Gasteiger partial charge in [0.2, 0.25) is 0 Å². The molecule has 0 aliphatic heterocycles. The predicted molar refractivity (Wildman–Crippen MR) is 60.3 cm³/mol. The van der Waals surface area contributed by atoms with Gasteiger partial charge in [-0.25, -0.2) is 9.59 Å². The van der Waals surface area contributed by atoms with Crippen molar-refractivity contribution in [3.05, 3.63) is 29.6 Å². The number of nitrogens with one attached hydrogen (secondary N) is 2. The second-order valence-corrected chi connectivity index (χ2v) is 3.08. The highest BCUT2D eigenvalue weighted by molar-refractivity contribution is 5.87. The molecule has 1 aromatic heterocycles. The van der Waals surface area contributed by atoms with Gasteiger partial charge in [0.15, 0.2) is 0 Å². The van der Waals surface area contributed by atoms with Crippen molar-refractivity contribution in [2.45, 2.75) is 6.54 Å². The second-order valence-electron chi connectivity index (χ2n) is 3.08. The summed E-state index contributed by atoms with van der Waals surface area (Å²) in [6, 6.07) is 2.35. The van der Waals surface area contributed by atoms with Crippen molar-refractivity contribution in [1.82, 2.24) is 15.6 Å². The van der Waals surface area contributed by atoms with Crippen LogP contribution in [-0.4, -0.2) is 28.6 Å². The first-order valence-corrected chi connectivity index (χ1v) is 4.77. The normalized spacial score (nSPS) is 9.12. The van der Waals surface area contributed by atoms with E-state index in [2.05, 4.69) is 21.5 Å². The van der Waals surface area contributed by atoms with E-state index in [9.17, 15) is 9.59 Å². The van der Waals surface area contributed by atoms with E-state index >= 15 is 0 Å². The molecule has 0 bridgehead atoms. The zero-order valence-corrected chi connectivity index (χ0v) is 8.93. The molecular formula is C11H11N3O3. The first-order valence-electron chi connectivity index (χ1n) is 4.77. The van der Waals surface area contributed by atoms with Crippen molar-refractivity contribution in [1.29, 1.82) is 0 Å². The van der Waals surface area contributed by atoms with Crippen LogP contribution in [0, 0.1) is 12.3 Å². The Hall–Kier alpha value is -2.55. The van der Waals surface area contributed by atoms with Crippen LogP contribution in [0.5, 0.6) is 0 Å². The molecule has 88 valence electrons. The SMILES string of the molecule is C#CCNC(=O)NCc1cc(C(=O)O)ccn1. The van der Waals surface area contributed by atoms with Crippen molar-refractivity contribution >= 4 is 12.0 Å². The summed E-state index contributed by atoms with van der Waals surface area (Å²) in [6.07, 6.45) is 6.34. The highest BCUT2D eigenvalue weighted by Crippen LogP contribution is 2.01. The molecule has 0 aromatic carbocycles. The molecule has 6 nitrogen and oxygen atoms in total. The van der Waals surface area contributed by atoms with Gasteiger partial charge in [-0.3, -0.25) is 4.98 Å². The van der Waals surface area contributed by atoms with E-state index in [4.69, 9.17) is 11.5 Å². The number of pyridine rings is 1. The Labute approximate surface area is 98.1 Å². The lowest BCUT2D eigenvalue weighted by Gasteiger charge is -2.05. The first-order chi connectivity index (χ1) is 8.13. The fourth-order valence-electron chi connectivity index (χ4n) is 1.07. The van der Waals surface area contributed by atoms with E-state index in [-0.39, 0.29) is 18.7 Å². The fraction of sp³-hybridized carbons (Fsp3) is 0.182. The number of hydrogen-bond acceptors (Lipinski definition) is 3. The summed E-state index contributed by atoms with van der Waals surface area (Å²) < 4.78 is 0. The van der Waals surface area contributed by atoms with Crippen LogP contribution in [0.25, 0.3) is 0 Å². The van der Waals surface area contributed by atoms with Gasteiger partial charge in [-0.2, -0.15) is 0 Å². The molecule has 0 aliphatic rings. The van der Waals surface area contributed by atoms with Crippen molar-refractivity contribution < 1.29 is 14.7 Å². The summed E-state index contributed by atoms with van der Waals surface area (Å²) in [4.78, 5) is 25.7. The van der Waals surface area contributed by atoms with Crippen LogP contribution in [0.1, 0.15) is 16.1 Å². The van der Waals surface area contributed by atoms with E-state index in [0.29, 0.717) is 5.69 Å². The maximum Gasteiger partial charge on any atom is 0.335 e. The molecule has 0 radical (unpaired) electrons. The molecule has 1 aromatic rings. The summed E-state index contributed by atoms with van der Waals surface area (Å²) in [7, 11) is 0. The molecule has 0 unspecified atom stereocenters. The highest BCUT2D eigenvalue weighted by Gasteiger charge is 2.05. The number of urea groups is 1. The monoisotopic (exact) mass is 233 g/mol. The average molecular weight is 233 g/mol. The van der Waals surface area contributed by atoms with Gasteiger partial charge in [0.25, 0.3) is 0 Å². The van der Waals surface area contributed by atoms with Gasteiger partial charge in [-0.15, -0.1) is 6.42 Å². The van der Waals surface area contributed by atoms with E-state index in [0.717, 1.165) is 0 Å². The van der Waals surface area contributed by atoms with E-state index in [1.54, 1.807) is 0 Å². The van der Waals surface area contributed by atoms with Crippen LogP contribution < -0.4 is 10.6 Å². The summed E-state index contributed by atoms with van der Waals surface area (Å²) >= 11 is 0. The molecule has 0 spiro atoms. The van der Waals surface area contributed by atoms with Crippen molar-refractivity contribution in [3.63, 3.8) is 0 Å². The number of rotatable bonds is 4.